The van der Waals surface area contributed by atoms with Crippen LogP contribution in [0, 0.1) is 13.8 Å². The lowest BCUT2D eigenvalue weighted by Crippen LogP contribution is -2.21. The summed E-state index contributed by atoms with van der Waals surface area (Å²) in [6, 6.07) is 1.85. The van der Waals surface area contributed by atoms with Crippen LogP contribution in [-0.4, -0.2) is 12.2 Å². The van der Waals surface area contributed by atoms with E-state index in [1.54, 1.807) is 7.11 Å². The van der Waals surface area contributed by atoms with Crippen molar-refractivity contribution >= 4 is 0 Å². The Morgan fingerprint density at radius 2 is 2.00 bits per heavy atom. The van der Waals surface area contributed by atoms with Gasteiger partial charge in [0, 0.05) is 11.1 Å². The number of ether oxygens (including phenoxy) is 1. The molecule has 1 saturated carbocycles. The largest absolute Gasteiger partial charge is 0.504 e. The molecule has 1 fully saturated rings. The van der Waals surface area contributed by atoms with E-state index in [9.17, 15) is 5.11 Å². The van der Waals surface area contributed by atoms with Crippen LogP contribution in [0.2, 0.25) is 0 Å². The van der Waals surface area contributed by atoms with E-state index in [0.717, 1.165) is 29.5 Å². The molecule has 3 N–H and O–H groups in total. The van der Waals surface area contributed by atoms with Gasteiger partial charge in [0.05, 0.1) is 7.11 Å². The number of hydrogen-bond donors (Lipinski definition) is 2. The van der Waals surface area contributed by atoms with E-state index in [1.807, 2.05) is 19.9 Å². The van der Waals surface area contributed by atoms with Gasteiger partial charge in [-0.15, -0.1) is 0 Å². The lowest BCUT2D eigenvalue weighted by atomic mass is 9.94. The van der Waals surface area contributed by atoms with Crippen molar-refractivity contribution in [1.82, 2.24) is 0 Å². The van der Waals surface area contributed by atoms with Crippen molar-refractivity contribution in [1.29, 1.82) is 0 Å². The summed E-state index contributed by atoms with van der Waals surface area (Å²) in [6.45, 7) is 4.00. The number of phenolic OH excluding ortho intramolecular Hbond substituents is 1. The predicted octanol–water partition coefficient (Wildman–Crippen LogP) is 1.97. The van der Waals surface area contributed by atoms with Crippen LogP contribution >= 0.6 is 0 Å². The molecule has 0 saturated heterocycles. The maximum absolute atomic E-state index is 10.1. The lowest BCUT2D eigenvalue weighted by Gasteiger charge is -2.19. The SMILES string of the molecule is COc1cc(C)c(C)c(C2(N)CC2)c1O. The first-order valence-corrected chi connectivity index (χ1v) is 5.16. The van der Waals surface area contributed by atoms with Crippen LogP contribution in [0.3, 0.4) is 0 Å². The standard InChI is InChI=1S/C12H17NO2/c1-7-6-9(15-3)11(14)10(8(7)2)12(13)4-5-12/h6,14H,4-5,13H2,1-3H3. The molecular weight excluding hydrogens is 190 g/mol. The molecule has 1 aromatic carbocycles. The van der Waals surface area contributed by atoms with Crippen molar-refractivity contribution in [2.75, 3.05) is 7.11 Å². The van der Waals surface area contributed by atoms with E-state index in [4.69, 9.17) is 10.5 Å². The molecule has 0 unspecified atom stereocenters. The van der Waals surface area contributed by atoms with Gasteiger partial charge in [0.1, 0.15) is 0 Å². The Balaban J connectivity index is 2.65. The minimum atomic E-state index is -0.326. The summed E-state index contributed by atoms with van der Waals surface area (Å²) in [4.78, 5) is 0. The average molecular weight is 207 g/mol. The third-order valence-electron chi connectivity index (χ3n) is 3.29. The molecule has 0 aromatic heterocycles. The summed E-state index contributed by atoms with van der Waals surface area (Å²) in [5, 5.41) is 10.1. The average Bonchev–Trinajstić information content (AvgIpc) is 2.91. The Labute approximate surface area is 89.9 Å². The molecule has 0 amide bonds. The van der Waals surface area contributed by atoms with Crippen molar-refractivity contribution in [3.63, 3.8) is 0 Å². The van der Waals surface area contributed by atoms with Gasteiger partial charge >= 0.3 is 0 Å². The fourth-order valence-corrected chi connectivity index (χ4v) is 2.02. The molecule has 1 aliphatic rings. The van der Waals surface area contributed by atoms with Crippen LogP contribution in [0.1, 0.15) is 29.5 Å². The van der Waals surface area contributed by atoms with E-state index >= 15 is 0 Å². The zero-order chi connectivity index (χ0) is 11.2. The molecule has 0 bridgehead atoms. The van der Waals surface area contributed by atoms with Crippen LogP contribution in [0.25, 0.3) is 0 Å². The highest BCUT2D eigenvalue weighted by molar-refractivity contribution is 5.57. The van der Waals surface area contributed by atoms with Gasteiger partial charge in [-0.25, -0.2) is 0 Å². The molecule has 0 radical (unpaired) electrons. The molecule has 3 nitrogen and oxygen atoms in total. The summed E-state index contributed by atoms with van der Waals surface area (Å²) in [6.07, 6.45) is 1.88. The van der Waals surface area contributed by atoms with Crippen molar-refractivity contribution in [2.24, 2.45) is 5.73 Å². The minimum absolute atomic E-state index is 0.209. The van der Waals surface area contributed by atoms with Crippen LogP contribution in [0.15, 0.2) is 6.07 Å². The molecule has 82 valence electrons. The lowest BCUT2D eigenvalue weighted by molar-refractivity contribution is 0.367. The molecular formula is C12H17NO2. The van der Waals surface area contributed by atoms with Crippen LogP contribution in [-0.2, 0) is 5.54 Å². The predicted molar refractivity (Wildman–Crippen MR) is 59.2 cm³/mol. The molecule has 0 spiro atoms. The number of rotatable bonds is 2. The smallest absolute Gasteiger partial charge is 0.163 e. The Bertz CT molecular complexity index is 409. The Hall–Kier alpha value is -1.22. The fraction of sp³-hybridized carbons (Fsp3) is 0.500. The van der Waals surface area contributed by atoms with Gasteiger partial charge < -0.3 is 15.6 Å². The van der Waals surface area contributed by atoms with Crippen LogP contribution in [0.5, 0.6) is 11.5 Å². The summed E-state index contributed by atoms with van der Waals surface area (Å²) in [5.74, 6) is 0.727. The highest BCUT2D eigenvalue weighted by Crippen LogP contribution is 2.50. The molecule has 15 heavy (non-hydrogen) atoms. The zero-order valence-electron chi connectivity index (χ0n) is 9.42. The molecule has 0 aliphatic heterocycles. The maximum Gasteiger partial charge on any atom is 0.163 e. The zero-order valence-corrected chi connectivity index (χ0v) is 9.42. The first kappa shape index (κ1) is 10.3. The van der Waals surface area contributed by atoms with Crippen molar-refractivity contribution in [3.05, 3.63) is 22.8 Å². The number of nitrogens with two attached hydrogens (primary N) is 1. The van der Waals surface area contributed by atoms with Crippen molar-refractivity contribution in [3.8, 4) is 11.5 Å². The first-order valence-electron chi connectivity index (χ1n) is 5.16. The number of benzene rings is 1. The topological polar surface area (TPSA) is 55.5 Å². The maximum atomic E-state index is 10.1. The highest BCUT2D eigenvalue weighted by atomic mass is 16.5. The first-order chi connectivity index (χ1) is 6.99. The summed E-state index contributed by atoms with van der Waals surface area (Å²) >= 11 is 0. The molecule has 1 aliphatic carbocycles. The van der Waals surface area contributed by atoms with Gasteiger partial charge in [-0.3, -0.25) is 0 Å². The second-order valence-electron chi connectivity index (χ2n) is 4.40. The Kier molecular flexibility index (Phi) is 2.15. The third kappa shape index (κ3) is 1.47. The molecule has 3 heteroatoms. The number of methoxy groups -OCH3 is 1. The van der Waals surface area contributed by atoms with E-state index in [-0.39, 0.29) is 11.3 Å². The monoisotopic (exact) mass is 207 g/mol. The van der Waals surface area contributed by atoms with Crippen molar-refractivity contribution in [2.45, 2.75) is 32.2 Å². The van der Waals surface area contributed by atoms with Crippen molar-refractivity contribution < 1.29 is 9.84 Å². The quantitative estimate of drug-likeness (QED) is 0.779. The number of hydrogen-bond acceptors (Lipinski definition) is 3. The van der Waals surface area contributed by atoms with Gasteiger partial charge in [-0.2, -0.15) is 0 Å². The van der Waals surface area contributed by atoms with Crippen LogP contribution in [0.4, 0.5) is 0 Å². The second kappa shape index (κ2) is 3.14. The van der Waals surface area contributed by atoms with Gasteiger partial charge in [0.15, 0.2) is 11.5 Å². The molecule has 0 heterocycles. The summed E-state index contributed by atoms with van der Waals surface area (Å²) < 4.78 is 5.14. The fourth-order valence-electron chi connectivity index (χ4n) is 2.02. The number of aryl methyl sites for hydroxylation is 1. The highest BCUT2D eigenvalue weighted by Gasteiger charge is 2.44. The minimum Gasteiger partial charge on any atom is -0.504 e. The molecule has 1 aromatic rings. The van der Waals surface area contributed by atoms with E-state index in [1.165, 1.54) is 0 Å². The molecule has 0 atom stereocenters. The Morgan fingerprint density at radius 3 is 2.47 bits per heavy atom. The number of aromatic hydroxyl groups is 1. The van der Waals surface area contributed by atoms with Crippen LogP contribution < -0.4 is 10.5 Å². The Morgan fingerprint density at radius 1 is 1.40 bits per heavy atom. The van der Waals surface area contributed by atoms with Gasteiger partial charge in [0.25, 0.3) is 0 Å². The number of phenols is 1. The second-order valence-corrected chi connectivity index (χ2v) is 4.40. The normalized spacial score (nSPS) is 17.6. The third-order valence-corrected chi connectivity index (χ3v) is 3.29. The van der Waals surface area contributed by atoms with Gasteiger partial charge in [-0.05, 0) is 43.9 Å². The molecule has 2 rings (SSSR count). The van der Waals surface area contributed by atoms with E-state index in [2.05, 4.69) is 0 Å². The van der Waals surface area contributed by atoms with Gasteiger partial charge in [-0.1, -0.05) is 0 Å². The van der Waals surface area contributed by atoms with E-state index in [0.29, 0.717) is 5.75 Å². The van der Waals surface area contributed by atoms with Gasteiger partial charge in [0.2, 0.25) is 0 Å². The summed E-state index contributed by atoms with van der Waals surface area (Å²) in [7, 11) is 1.56. The van der Waals surface area contributed by atoms with E-state index < -0.39 is 0 Å². The summed E-state index contributed by atoms with van der Waals surface area (Å²) in [5.41, 5.74) is 8.87.